The standard InChI is InChI=1S/C21H26ClNO3/c1-26-19(24)18(9-13-3-2-4-17(22)8-13)23-20(25)21-10-14-5-15(11-21)7-16(6-14)12-21/h2-4,8,14-16,18H,5-7,9-12H2,1H3,(H,23,25)/t14?,15?,16?,18-,21?/m1/s1. The summed E-state index contributed by atoms with van der Waals surface area (Å²) in [7, 11) is 1.37. The predicted octanol–water partition coefficient (Wildman–Crippen LogP) is 3.76. The number of rotatable bonds is 5. The highest BCUT2D eigenvalue weighted by Crippen LogP contribution is 2.60. The highest BCUT2D eigenvalue weighted by Gasteiger charge is 2.55. The molecule has 0 unspecified atom stereocenters. The molecule has 1 aromatic carbocycles. The molecule has 0 heterocycles. The molecular weight excluding hydrogens is 350 g/mol. The summed E-state index contributed by atoms with van der Waals surface area (Å²) in [4.78, 5) is 25.5. The number of hydrogen-bond acceptors (Lipinski definition) is 3. The van der Waals surface area contributed by atoms with Crippen LogP contribution in [-0.4, -0.2) is 25.0 Å². The summed E-state index contributed by atoms with van der Waals surface area (Å²) in [5.41, 5.74) is 0.647. The number of methoxy groups -OCH3 is 1. The predicted molar refractivity (Wildman–Crippen MR) is 99.7 cm³/mol. The third-order valence-electron chi connectivity index (χ3n) is 6.64. The number of esters is 1. The van der Waals surface area contributed by atoms with Crippen molar-refractivity contribution in [3.05, 3.63) is 34.9 Å². The van der Waals surface area contributed by atoms with Crippen LogP contribution in [0.15, 0.2) is 24.3 Å². The summed E-state index contributed by atoms with van der Waals surface area (Å²) in [6, 6.07) is 6.73. The monoisotopic (exact) mass is 375 g/mol. The molecule has 5 rings (SSSR count). The summed E-state index contributed by atoms with van der Waals surface area (Å²) >= 11 is 6.05. The Balaban J connectivity index is 1.50. The summed E-state index contributed by atoms with van der Waals surface area (Å²) < 4.78 is 4.95. The quantitative estimate of drug-likeness (QED) is 0.797. The van der Waals surface area contributed by atoms with E-state index in [0.717, 1.165) is 24.8 Å². The number of benzene rings is 1. The first-order valence-corrected chi connectivity index (χ1v) is 9.98. The lowest BCUT2D eigenvalue weighted by atomic mass is 9.49. The first-order valence-electron chi connectivity index (χ1n) is 9.61. The Labute approximate surface area is 159 Å². The van der Waals surface area contributed by atoms with Crippen LogP contribution in [0.1, 0.15) is 44.1 Å². The second-order valence-electron chi connectivity index (χ2n) is 8.58. The number of halogens is 1. The largest absolute Gasteiger partial charge is 0.467 e. The maximum atomic E-state index is 13.2. The lowest BCUT2D eigenvalue weighted by Gasteiger charge is -2.55. The molecule has 140 valence electrons. The van der Waals surface area contributed by atoms with Gasteiger partial charge in [-0.15, -0.1) is 0 Å². The molecule has 1 amide bonds. The second-order valence-corrected chi connectivity index (χ2v) is 9.02. The van der Waals surface area contributed by atoms with Crippen LogP contribution in [0.2, 0.25) is 5.02 Å². The molecule has 1 aromatic rings. The molecule has 0 aliphatic heterocycles. The molecule has 4 saturated carbocycles. The summed E-state index contributed by atoms with van der Waals surface area (Å²) in [5.74, 6) is 1.72. The van der Waals surface area contributed by atoms with E-state index in [4.69, 9.17) is 16.3 Å². The van der Waals surface area contributed by atoms with Gasteiger partial charge in [-0.25, -0.2) is 4.79 Å². The minimum Gasteiger partial charge on any atom is -0.467 e. The third kappa shape index (κ3) is 3.36. The third-order valence-corrected chi connectivity index (χ3v) is 6.87. The SMILES string of the molecule is COC(=O)[C@@H](Cc1cccc(Cl)c1)NC(=O)C12CC3CC(CC(C3)C1)C2. The van der Waals surface area contributed by atoms with Gasteiger partial charge in [0.15, 0.2) is 0 Å². The Hall–Kier alpha value is -1.55. The van der Waals surface area contributed by atoms with Gasteiger partial charge in [0.25, 0.3) is 0 Å². The Morgan fingerprint density at radius 1 is 1.19 bits per heavy atom. The van der Waals surface area contributed by atoms with Gasteiger partial charge < -0.3 is 10.1 Å². The van der Waals surface area contributed by atoms with E-state index in [0.29, 0.717) is 29.2 Å². The highest BCUT2D eigenvalue weighted by molar-refractivity contribution is 6.30. The van der Waals surface area contributed by atoms with E-state index in [9.17, 15) is 9.59 Å². The molecule has 5 heteroatoms. The van der Waals surface area contributed by atoms with Crippen LogP contribution >= 0.6 is 11.6 Å². The van der Waals surface area contributed by atoms with Crippen molar-refractivity contribution in [1.29, 1.82) is 0 Å². The normalized spacial score (nSPS) is 32.9. The Bertz CT molecular complexity index is 682. The van der Waals surface area contributed by atoms with Gasteiger partial charge in [0.05, 0.1) is 7.11 Å². The maximum absolute atomic E-state index is 13.2. The summed E-state index contributed by atoms with van der Waals surface area (Å²) in [6.45, 7) is 0. The molecule has 26 heavy (non-hydrogen) atoms. The molecular formula is C21H26ClNO3. The van der Waals surface area contributed by atoms with Gasteiger partial charge in [0.2, 0.25) is 5.91 Å². The van der Waals surface area contributed by atoms with E-state index in [1.54, 1.807) is 6.07 Å². The number of carbonyl (C=O) groups is 2. The van der Waals surface area contributed by atoms with E-state index < -0.39 is 12.0 Å². The van der Waals surface area contributed by atoms with Gasteiger partial charge in [0, 0.05) is 16.9 Å². The minimum absolute atomic E-state index is 0.0500. The van der Waals surface area contributed by atoms with Crippen LogP contribution in [0.5, 0.6) is 0 Å². The molecule has 4 fully saturated rings. The van der Waals surface area contributed by atoms with Gasteiger partial charge in [-0.05, 0) is 74.0 Å². The van der Waals surface area contributed by atoms with Crippen molar-refractivity contribution in [3.8, 4) is 0 Å². The van der Waals surface area contributed by atoms with Crippen molar-refractivity contribution in [1.82, 2.24) is 5.32 Å². The Morgan fingerprint density at radius 2 is 1.81 bits per heavy atom. The van der Waals surface area contributed by atoms with Crippen molar-refractivity contribution in [3.63, 3.8) is 0 Å². The molecule has 4 bridgehead atoms. The lowest BCUT2D eigenvalue weighted by Crippen LogP contribution is -2.56. The van der Waals surface area contributed by atoms with E-state index >= 15 is 0 Å². The number of nitrogens with one attached hydrogen (secondary N) is 1. The van der Waals surface area contributed by atoms with Crippen molar-refractivity contribution in [2.75, 3.05) is 7.11 Å². The Morgan fingerprint density at radius 3 is 2.35 bits per heavy atom. The van der Waals surface area contributed by atoms with Crippen LogP contribution in [0.4, 0.5) is 0 Å². The highest BCUT2D eigenvalue weighted by atomic mass is 35.5. The molecule has 4 nitrogen and oxygen atoms in total. The topological polar surface area (TPSA) is 55.4 Å². The molecule has 4 aliphatic carbocycles. The van der Waals surface area contributed by atoms with Crippen molar-refractivity contribution in [2.45, 2.75) is 51.0 Å². The first-order chi connectivity index (χ1) is 12.5. The average Bonchev–Trinajstić information content (AvgIpc) is 2.59. The second kappa shape index (κ2) is 6.88. The van der Waals surface area contributed by atoms with E-state index in [1.807, 2.05) is 18.2 Å². The number of hydrogen-bond donors (Lipinski definition) is 1. The van der Waals surface area contributed by atoms with E-state index in [2.05, 4.69) is 5.32 Å². The van der Waals surface area contributed by atoms with Crippen LogP contribution < -0.4 is 5.32 Å². The zero-order chi connectivity index (χ0) is 18.3. The van der Waals surface area contributed by atoms with Gasteiger partial charge in [0.1, 0.15) is 6.04 Å². The number of amides is 1. The Kier molecular flexibility index (Phi) is 4.72. The van der Waals surface area contributed by atoms with E-state index in [1.165, 1.54) is 26.4 Å². The fraction of sp³-hybridized carbons (Fsp3) is 0.619. The van der Waals surface area contributed by atoms with Crippen molar-refractivity contribution < 1.29 is 14.3 Å². The van der Waals surface area contributed by atoms with Gasteiger partial charge in [-0.3, -0.25) is 4.79 Å². The summed E-state index contributed by atoms with van der Waals surface area (Å²) in [5, 5.41) is 3.66. The van der Waals surface area contributed by atoms with Gasteiger partial charge in [-0.2, -0.15) is 0 Å². The molecule has 1 atom stereocenters. The van der Waals surface area contributed by atoms with Crippen molar-refractivity contribution >= 4 is 23.5 Å². The molecule has 0 radical (unpaired) electrons. The maximum Gasteiger partial charge on any atom is 0.328 e. The average molecular weight is 376 g/mol. The smallest absolute Gasteiger partial charge is 0.328 e. The van der Waals surface area contributed by atoms with Crippen molar-refractivity contribution in [2.24, 2.45) is 23.2 Å². The van der Waals surface area contributed by atoms with Gasteiger partial charge in [-0.1, -0.05) is 23.7 Å². The zero-order valence-electron chi connectivity index (χ0n) is 15.2. The van der Waals surface area contributed by atoms with Crippen LogP contribution in [0.25, 0.3) is 0 Å². The zero-order valence-corrected chi connectivity index (χ0v) is 15.9. The summed E-state index contributed by atoms with van der Waals surface area (Å²) in [6.07, 6.45) is 7.20. The van der Waals surface area contributed by atoms with E-state index in [-0.39, 0.29) is 11.3 Å². The fourth-order valence-electron chi connectivity index (χ4n) is 5.94. The molecule has 1 N–H and O–H groups in total. The molecule has 0 spiro atoms. The van der Waals surface area contributed by atoms with Gasteiger partial charge >= 0.3 is 5.97 Å². The molecule has 0 saturated heterocycles. The van der Waals surface area contributed by atoms with Crippen LogP contribution in [-0.2, 0) is 20.7 Å². The lowest BCUT2D eigenvalue weighted by molar-refractivity contribution is -0.152. The fourth-order valence-corrected chi connectivity index (χ4v) is 6.15. The number of ether oxygens (including phenoxy) is 1. The minimum atomic E-state index is -0.668. The van der Waals surface area contributed by atoms with Crippen LogP contribution in [0.3, 0.4) is 0 Å². The van der Waals surface area contributed by atoms with Crippen LogP contribution in [0, 0.1) is 23.2 Å². The molecule has 4 aliphatic rings. The first kappa shape index (κ1) is 17.8. The number of carbonyl (C=O) groups excluding carboxylic acids is 2. The molecule has 0 aromatic heterocycles.